The van der Waals surface area contributed by atoms with Gasteiger partial charge >= 0.3 is 6.09 Å². The first-order valence-electron chi connectivity index (χ1n) is 10.4. The van der Waals surface area contributed by atoms with Gasteiger partial charge in [-0.2, -0.15) is 0 Å². The van der Waals surface area contributed by atoms with Gasteiger partial charge < -0.3 is 10.1 Å². The Morgan fingerprint density at radius 3 is 2.07 bits per heavy atom. The van der Waals surface area contributed by atoms with E-state index in [1.807, 2.05) is 30.3 Å². The van der Waals surface area contributed by atoms with Crippen molar-refractivity contribution in [1.82, 2.24) is 5.32 Å². The molecule has 0 radical (unpaired) electrons. The van der Waals surface area contributed by atoms with Crippen LogP contribution in [-0.2, 0) is 9.53 Å². The average molecular weight is 376 g/mol. The number of ketones is 1. The number of carbonyl (C=O) groups excluding carboxylic acids is 2. The van der Waals surface area contributed by atoms with Crippen LogP contribution >= 0.6 is 0 Å². The maximum absolute atomic E-state index is 13.6. The minimum absolute atomic E-state index is 0.0895. The lowest BCUT2D eigenvalue weighted by molar-refractivity contribution is -0.131. The summed E-state index contributed by atoms with van der Waals surface area (Å²) in [7, 11) is 1.33. The Morgan fingerprint density at radius 2 is 1.52 bits per heavy atom. The van der Waals surface area contributed by atoms with Crippen molar-refractivity contribution in [2.45, 2.75) is 84.6 Å². The molecule has 1 rings (SSSR count). The summed E-state index contributed by atoms with van der Waals surface area (Å²) >= 11 is 0. The molecule has 1 unspecified atom stereocenters. The molecule has 4 heteroatoms. The number of amides is 1. The molecule has 0 bridgehead atoms. The van der Waals surface area contributed by atoms with E-state index in [1.165, 1.54) is 20.0 Å². The predicted molar refractivity (Wildman–Crippen MR) is 111 cm³/mol. The molecule has 152 valence electrons. The largest absolute Gasteiger partial charge is 0.453 e. The molecule has 27 heavy (non-hydrogen) atoms. The summed E-state index contributed by atoms with van der Waals surface area (Å²) in [5.41, 5.74) is 0.368. The number of Topliss-reactive ketones (excluding diaryl/α,β-unsaturated/α-hetero) is 1. The topological polar surface area (TPSA) is 55.4 Å². The van der Waals surface area contributed by atoms with Gasteiger partial charge in [-0.25, -0.2) is 4.79 Å². The highest BCUT2D eigenvalue weighted by Crippen LogP contribution is 2.37. The van der Waals surface area contributed by atoms with E-state index in [-0.39, 0.29) is 5.78 Å². The van der Waals surface area contributed by atoms with E-state index >= 15 is 0 Å². The van der Waals surface area contributed by atoms with Gasteiger partial charge in [-0.05, 0) is 18.4 Å². The molecule has 0 saturated carbocycles. The molecular formula is C23H37NO3. The standard InChI is InChI=1S/C23H37NO3/c1-5-7-9-14-18-23(3,17-13-8-6-2)21(25)20(24-22(26)27-4)19-15-11-10-12-16-19/h10-12,15-16,20H,5-9,13-14,17-18H2,1-4H3,(H,24,26)/t20-,23?/m1/s1. The fourth-order valence-corrected chi connectivity index (χ4v) is 3.55. The van der Waals surface area contributed by atoms with Gasteiger partial charge in [0.1, 0.15) is 6.04 Å². The van der Waals surface area contributed by atoms with Gasteiger partial charge in [-0.1, -0.05) is 96.0 Å². The lowest BCUT2D eigenvalue weighted by Crippen LogP contribution is -2.41. The molecule has 0 aromatic heterocycles. The van der Waals surface area contributed by atoms with E-state index in [0.29, 0.717) is 0 Å². The van der Waals surface area contributed by atoms with Crippen molar-refractivity contribution >= 4 is 11.9 Å². The van der Waals surface area contributed by atoms with Gasteiger partial charge in [-0.3, -0.25) is 4.79 Å². The highest BCUT2D eigenvalue weighted by atomic mass is 16.5. The molecule has 0 aliphatic rings. The Balaban J connectivity index is 3.04. The van der Waals surface area contributed by atoms with Crippen molar-refractivity contribution in [3.05, 3.63) is 35.9 Å². The second kappa shape index (κ2) is 12.5. The van der Waals surface area contributed by atoms with E-state index in [1.54, 1.807) is 0 Å². The molecule has 0 heterocycles. The van der Waals surface area contributed by atoms with Crippen LogP contribution in [0.2, 0.25) is 0 Å². The Bertz CT molecular complexity index is 558. The first-order valence-corrected chi connectivity index (χ1v) is 10.4. The van der Waals surface area contributed by atoms with Crippen LogP contribution in [0.3, 0.4) is 0 Å². The smallest absolute Gasteiger partial charge is 0.407 e. The third-order valence-electron chi connectivity index (χ3n) is 5.35. The zero-order valence-electron chi connectivity index (χ0n) is 17.6. The van der Waals surface area contributed by atoms with Crippen LogP contribution in [-0.4, -0.2) is 19.0 Å². The molecule has 0 spiro atoms. The van der Waals surface area contributed by atoms with Crippen molar-refractivity contribution in [3.63, 3.8) is 0 Å². The SMILES string of the molecule is CCCCCCC(C)(CCCCC)C(=O)[C@H](NC(=O)OC)c1ccccc1. The quantitative estimate of drug-likeness (QED) is 0.417. The van der Waals surface area contributed by atoms with Crippen LogP contribution in [0.25, 0.3) is 0 Å². The van der Waals surface area contributed by atoms with Crippen LogP contribution in [0.1, 0.15) is 90.2 Å². The van der Waals surface area contributed by atoms with E-state index in [9.17, 15) is 9.59 Å². The average Bonchev–Trinajstić information content (AvgIpc) is 2.69. The fourth-order valence-electron chi connectivity index (χ4n) is 3.55. The van der Waals surface area contributed by atoms with Crippen molar-refractivity contribution in [3.8, 4) is 0 Å². The molecule has 1 N–H and O–H groups in total. The second-order valence-electron chi connectivity index (χ2n) is 7.67. The van der Waals surface area contributed by atoms with Gasteiger partial charge in [0.15, 0.2) is 5.78 Å². The number of alkyl carbamates (subject to hydrolysis) is 1. The van der Waals surface area contributed by atoms with Crippen LogP contribution < -0.4 is 5.32 Å². The van der Waals surface area contributed by atoms with Crippen LogP contribution in [0.4, 0.5) is 4.79 Å². The summed E-state index contributed by atoms with van der Waals surface area (Å²) in [6.45, 7) is 6.44. The molecule has 0 fully saturated rings. The summed E-state index contributed by atoms with van der Waals surface area (Å²) in [4.78, 5) is 25.5. The summed E-state index contributed by atoms with van der Waals surface area (Å²) < 4.78 is 4.77. The first-order chi connectivity index (χ1) is 13.0. The lowest BCUT2D eigenvalue weighted by atomic mass is 9.73. The maximum atomic E-state index is 13.6. The Morgan fingerprint density at radius 1 is 0.963 bits per heavy atom. The molecule has 1 aromatic carbocycles. The lowest BCUT2D eigenvalue weighted by Gasteiger charge is -2.32. The maximum Gasteiger partial charge on any atom is 0.407 e. The number of methoxy groups -OCH3 is 1. The summed E-state index contributed by atoms with van der Waals surface area (Å²) in [5, 5.41) is 2.77. The van der Waals surface area contributed by atoms with Crippen molar-refractivity contribution < 1.29 is 14.3 Å². The Kier molecular flexibility index (Phi) is 10.8. The number of benzene rings is 1. The van der Waals surface area contributed by atoms with E-state index in [2.05, 4.69) is 26.1 Å². The number of hydrogen-bond donors (Lipinski definition) is 1. The van der Waals surface area contributed by atoms with E-state index in [0.717, 1.165) is 50.5 Å². The monoisotopic (exact) mass is 375 g/mol. The third-order valence-corrected chi connectivity index (χ3v) is 5.35. The molecule has 2 atom stereocenters. The minimum atomic E-state index is -0.670. The Hall–Kier alpha value is -1.84. The minimum Gasteiger partial charge on any atom is -0.453 e. The Labute approximate surface area is 165 Å². The summed E-state index contributed by atoms with van der Waals surface area (Å²) in [6.07, 6.45) is 9.00. The highest BCUT2D eigenvalue weighted by Gasteiger charge is 2.38. The number of carbonyl (C=O) groups is 2. The zero-order valence-corrected chi connectivity index (χ0v) is 17.6. The fraction of sp³-hybridized carbons (Fsp3) is 0.652. The number of rotatable bonds is 13. The predicted octanol–water partition coefficient (Wildman–Crippen LogP) is 6.21. The third kappa shape index (κ3) is 7.74. The van der Waals surface area contributed by atoms with Gasteiger partial charge in [0.05, 0.1) is 7.11 Å². The van der Waals surface area contributed by atoms with Crippen LogP contribution in [0.15, 0.2) is 30.3 Å². The highest BCUT2D eigenvalue weighted by molar-refractivity contribution is 5.92. The van der Waals surface area contributed by atoms with Gasteiger partial charge in [0.25, 0.3) is 0 Å². The number of nitrogens with one attached hydrogen (secondary N) is 1. The molecular weight excluding hydrogens is 338 g/mol. The molecule has 0 saturated heterocycles. The number of hydrogen-bond acceptors (Lipinski definition) is 3. The van der Waals surface area contributed by atoms with Crippen molar-refractivity contribution in [1.29, 1.82) is 0 Å². The second-order valence-corrected chi connectivity index (χ2v) is 7.67. The molecule has 1 aromatic rings. The molecule has 1 amide bonds. The number of ether oxygens (including phenoxy) is 1. The molecule has 0 aliphatic heterocycles. The normalized spacial score (nSPS) is 14.2. The van der Waals surface area contributed by atoms with Crippen molar-refractivity contribution in [2.24, 2.45) is 5.41 Å². The summed E-state index contributed by atoms with van der Waals surface area (Å²) in [5.74, 6) is 0.0895. The van der Waals surface area contributed by atoms with Gasteiger partial charge in [-0.15, -0.1) is 0 Å². The van der Waals surface area contributed by atoms with Gasteiger partial charge in [0, 0.05) is 5.41 Å². The number of unbranched alkanes of at least 4 members (excludes halogenated alkanes) is 5. The zero-order chi connectivity index (χ0) is 20.1. The van der Waals surface area contributed by atoms with Crippen LogP contribution in [0.5, 0.6) is 0 Å². The molecule has 0 aliphatic carbocycles. The molecule has 4 nitrogen and oxygen atoms in total. The van der Waals surface area contributed by atoms with E-state index in [4.69, 9.17) is 4.74 Å². The van der Waals surface area contributed by atoms with Crippen LogP contribution in [0, 0.1) is 5.41 Å². The van der Waals surface area contributed by atoms with Crippen molar-refractivity contribution in [2.75, 3.05) is 7.11 Å². The van der Waals surface area contributed by atoms with E-state index < -0.39 is 17.6 Å². The summed E-state index contributed by atoms with van der Waals surface area (Å²) in [6, 6.07) is 8.81. The first kappa shape index (κ1) is 23.2. The van der Waals surface area contributed by atoms with Gasteiger partial charge in [0.2, 0.25) is 0 Å².